The van der Waals surface area contributed by atoms with Crippen molar-refractivity contribution in [2.45, 2.75) is 19.9 Å². The van der Waals surface area contributed by atoms with Crippen molar-refractivity contribution < 1.29 is 5.11 Å². The topological polar surface area (TPSA) is 58.3 Å². The van der Waals surface area contributed by atoms with Gasteiger partial charge in [-0.15, -0.1) is 0 Å². The third kappa shape index (κ3) is 3.29. The SMILES string of the molecule is CC(C)C(CO)Nc1ccc(Cl)cc1N. The lowest BCUT2D eigenvalue weighted by Crippen LogP contribution is -2.29. The van der Waals surface area contributed by atoms with E-state index in [1.807, 2.05) is 19.9 Å². The van der Waals surface area contributed by atoms with Gasteiger partial charge in [0, 0.05) is 5.02 Å². The van der Waals surface area contributed by atoms with Gasteiger partial charge in [-0.2, -0.15) is 0 Å². The number of benzene rings is 1. The highest BCUT2D eigenvalue weighted by Crippen LogP contribution is 2.24. The molecule has 0 saturated carbocycles. The van der Waals surface area contributed by atoms with Gasteiger partial charge in [0.2, 0.25) is 0 Å². The Balaban J connectivity index is 2.79. The molecule has 3 nitrogen and oxygen atoms in total. The number of hydrogen-bond donors (Lipinski definition) is 3. The fourth-order valence-corrected chi connectivity index (χ4v) is 1.47. The van der Waals surface area contributed by atoms with Gasteiger partial charge in [-0.3, -0.25) is 0 Å². The number of aliphatic hydroxyl groups is 1. The van der Waals surface area contributed by atoms with Gasteiger partial charge in [-0.05, 0) is 24.1 Å². The Labute approximate surface area is 95.2 Å². The van der Waals surface area contributed by atoms with E-state index in [2.05, 4.69) is 5.32 Å². The van der Waals surface area contributed by atoms with E-state index >= 15 is 0 Å². The van der Waals surface area contributed by atoms with Crippen LogP contribution in [0, 0.1) is 5.92 Å². The Bertz CT molecular complexity index is 328. The number of rotatable bonds is 4. The second kappa shape index (κ2) is 5.24. The van der Waals surface area contributed by atoms with Gasteiger partial charge < -0.3 is 16.2 Å². The second-order valence-electron chi connectivity index (χ2n) is 3.91. The Morgan fingerprint density at radius 1 is 1.47 bits per heavy atom. The summed E-state index contributed by atoms with van der Waals surface area (Å²) in [6.45, 7) is 4.17. The summed E-state index contributed by atoms with van der Waals surface area (Å²) in [6.07, 6.45) is 0. The van der Waals surface area contributed by atoms with Crippen LogP contribution in [0.2, 0.25) is 5.02 Å². The van der Waals surface area contributed by atoms with Crippen molar-refractivity contribution >= 4 is 23.0 Å². The molecule has 84 valence electrons. The standard InChI is InChI=1S/C11H17ClN2O/c1-7(2)11(6-15)14-10-4-3-8(12)5-9(10)13/h3-5,7,11,14-15H,6,13H2,1-2H3. The van der Waals surface area contributed by atoms with Crippen molar-refractivity contribution in [2.24, 2.45) is 5.92 Å². The number of aliphatic hydroxyl groups excluding tert-OH is 1. The molecular weight excluding hydrogens is 212 g/mol. The lowest BCUT2D eigenvalue weighted by atomic mass is 10.0. The van der Waals surface area contributed by atoms with Crippen LogP contribution >= 0.6 is 11.6 Å². The summed E-state index contributed by atoms with van der Waals surface area (Å²) in [4.78, 5) is 0. The monoisotopic (exact) mass is 228 g/mol. The highest BCUT2D eigenvalue weighted by molar-refractivity contribution is 6.31. The summed E-state index contributed by atoms with van der Waals surface area (Å²) >= 11 is 5.79. The molecule has 0 radical (unpaired) electrons. The third-order valence-corrected chi connectivity index (χ3v) is 2.59. The van der Waals surface area contributed by atoms with E-state index in [1.165, 1.54) is 0 Å². The fourth-order valence-electron chi connectivity index (χ4n) is 1.29. The molecule has 0 amide bonds. The maximum atomic E-state index is 9.17. The summed E-state index contributed by atoms with van der Waals surface area (Å²) in [7, 11) is 0. The first-order valence-electron chi connectivity index (χ1n) is 4.97. The maximum Gasteiger partial charge on any atom is 0.0635 e. The number of halogens is 1. The van der Waals surface area contributed by atoms with Crippen LogP contribution in [-0.4, -0.2) is 17.8 Å². The van der Waals surface area contributed by atoms with Gasteiger partial charge in [0.15, 0.2) is 0 Å². The Morgan fingerprint density at radius 3 is 2.60 bits per heavy atom. The minimum absolute atomic E-state index is 0.00785. The van der Waals surface area contributed by atoms with Crippen LogP contribution in [0.25, 0.3) is 0 Å². The highest BCUT2D eigenvalue weighted by Gasteiger charge is 2.12. The summed E-state index contributed by atoms with van der Waals surface area (Å²) in [5, 5.41) is 13.0. The lowest BCUT2D eigenvalue weighted by molar-refractivity contribution is 0.249. The fraction of sp³-hybridized carbons (Fsp3) is 0.455. The molecule has 0 aliphatic carbocycles. The van der Waals surface area contributed by atoms with Crippen LogP contribution < -0.4 is 11.1 Å². The Morgan fingerprint density at radius 2 is 2.13 bits per heavy atom. The molecule has 1 rings (SSSR count). The number of nitrogens with two attached hydrogens (primary N) is 1. The predicted octanol–water partition coefficient (Wildman–Crippen LogP) is 2.35. The highest BCUT2D eigenvalue weighted by atomic mass is 35.5. The van der Waals surface area contributed by atoms with E-state index in [0.717, 1.165) is 5.69 Å². The number of nitrogen functional groups attached to an aromatic ring is 1. The molecule has 0 aliphatic rings. The molecule has 0 aliphatic heterocycles. The van der Waals surface area contributed by atoms with E-state index in [0.29, 0.717) is 16.6 Å². The smallest absolute Gasteiger partial charge is 0.0635 e. The Hall–Kier alpha value is -0.930. The molecule has 1 aromatic rings. The van der Waals surface area contributed by atoms with Crippen molar-refractivity contribution in [1.82, 2.24) is 0 Å². The molecule has 1 atom stereocenters. The molecule has 0 bridgehead atoms. The molecule has 4 heteroatoms. The first-order chi connectivity index (χ1) is 7.04. The van der Waals surface area contributed by atoms with Gasteiger partial charge in [-0.25, -0.2) is 0 Å². The van der Waals surface area contributed by atoms with E-state index in [-0.39, 0.29) is 12.6 Å². The van der Waals surface area contributed by atoms with Crippen LogP contribution in [0.15, 0.2) is 18.2 Å². The predicted molar refractivity (Wildman–Crippen MR) is 65.2 cm³/mol. The normalized spacial score (nSPS) is 12.9. The van der Waals surface area contributed by atoms with Gasteiger partial charge in [0.05, 0.1) is 24.0 Å². The van der Waals surface area contributed by atoms with Crippen LogP contribution in [0.4, 0.5) is 11.4 Å². The number of nitrogens with one attached hydrogen (secondary N) is 1. The zero-order chi connectivity index (χ0) is 11.4. The second-order valence-corrected chi connectivity index (χ2v) is 4.35. The van der Waals surface area contributed by atoms with E-state index in [9.17, 15) is 5.11 Å². The molecule has 0 spiro atoms. The minimum atomic E-state index is 0.00785. The molecule has 0 heterocycles. The molecule has 4 N–H and O–H groups in total. The van der Waals surface area contributed by atoms with Crippen molar-refractivity contribution in [3.05, 3.63) is 23.2 Å². The first kappa shape index (κ1) is 12.1. The molecule has 15 heavy (non-hydrogen) atoms. The molecule has 1 aromatic carbocycles. The van der Waals surface area contributed by atoms with Crippen LogP contribution in [0.5, 0.6) is 0 Å². The minimum Gasteiger partial charge on any atom is -0.397 e. The van der Waals surface area contributed by atoms with E-state index in [1.54, 1.807) is 12.1 Å². The van der Waals surface area contributed by atoms with Gasteiger partial charge >= 0.3 is 0 Å². The summed E-state index contributed by atoms with van der Waals surface area (Å²) in [5.41, 5.74) is 7.21. The van der Waals surface area contributed by atoms with Crippen LogP contribution in [0.1, 0.15) is 13.8 Å². The zero-order valence-corrected chi connectivity index (χ0v) is 9.75. The molecule has 1 unspecified atom stereocenters. The third-order valence-electron chi connectivity index (χ3n) is 2.36. The maximum absolute atomic E-state index is 9.17. The molecule has 0 aromatic heterocycles. The van der Waals surface area contributed by atoms with Gasteiger partial charge in [0.25, 0.3) is 0 Å². The summed E-state index contributed by atoms with van der Waals surface area (Å²) < 4.78 is 0. The average Bonchev–Trinajstić information content (AvgIpc) is 2.16. The van der Waals surface area contributed by atoms with Crippen LogP contribution in [0.3, 0.4) is 0 Å². The zero-order valence-electron chi connectivity index (χ0n) is 9.00. The quantitative estimate of drug-likeness (QED) is 0.694. The Kier molecular flexibility index (Phi) is 4.24. The summed E-state index contributed by atoms with van der Waals surface area (Å²) in [6, 6.07) is 5.30. The molecule has 0 saturated heterocycles. The molecular formula is C11H17ClN2O. The lowest BCUT2D eigenvalue weighted by Gasteiger charge is -2.22. The summed E-state index contributed by atoms with van der Waals surface area (Å²) in [5.74, 6) is 0.338. The van der Waals surface area contributed by atoms with Crippen molar-refractivity contribution in [2.75, 3.05) is 17.7 Å². The molecule has 0 fully saturated rings. The van der Waals surface area contributed by atoms with Gasteiger partial charge in [0.1, 0.15) is 0 Å². The van der Waals surface area contributed by atoms with Crippen LogP contribution in [-0.2, 0) is 0 Å². The van der Waals surface area contributed by atoms with E-state index < -0.39 is 0 Å². The van der Waals surface area contributed by atoms with Crippen molar-refractivity contribution in [1.29, 1.82) is 0 Å². The largest absolute Gasteiger partial charge is 0.397 e. The number of anilines is 2. The average molecular weight is 229 g/mol. The van der Waals surface area contributed by atoms with E-state index in [4.69, 9.17) is 17.3 Å². The van der Waals surface area contributed by atoms with Crippen molar-refractivity contribution in [3.8, 4) is 0 Å². The first-order valence-corrected chi connectivity index (χ1v) is 5.34. The van der Waals surface area contributed by atoms with Gasteiger partial charge in [-0.1, -0.05) is 25.4 Å². The number of hydrogen-bond acceptors (Lipinski definition) is 3. The van der Waals surface area contributed by atoms with Crippen molar-refractivity contribution in [3.63, 3.8) is 0 Å².